The van der Waals surface area contributed by atoms with Gasteiger partial charge in [-0.15, -0.1) is 0 Å². The Bertz CT molecular complexity index is 740. The molecule has 1 N–H and O–H groups in total. The number of benzene rings is 1. The quantitative estimate of drug-likeness (QED) is 0.742. The minimum absolute atomic E-state index is 0.0182. The first kappa shape index (κ1) is 18.1. The summed E-state index contributed by atoms with van der Waals surface area (Å²) in [5, 5.41) is 6.67. The van der Waals surface area contributed by atoms with Gasteiger partial charge < -0.3 is 19.5 Å². The molecule has 7 nitrogen and oxygen atoms in total. The first-order valence-corrected chi connectivity index (χ1v) is 8.70. The summed E-state index contributed by atoms with van der Waals surface area (Å²) in [5.74, 6) is 0.650. The molecule has 0 radical (unpaired) electrons. The number of carbonyl (C=O) groups is 2. The second-order valence-corrected chi connectivity index (χ2v) is 6.50. The maximum absolute atomic E-state index is 12.3. The van der Waals surface area contributed by atoms with E-state index in [1.54, 1.807) is 11.0 Å². The van der Waals surface area contributed by atoms with E-state index in [0.717, 1.165) is 5.56 Å². The summed E-state index contributed by atoms with van der Waals surface area (Å²) in [4.78, 5) is 26.0. The molecule has 26 heavy (non-hydrogen) atoms. The van der Waals surface area contributed by atoms with E-state index in [-0.39, 0.29) is 30.7 Å². The number of hydrogen-bond donors (Lipinski definition) is 1. The molecule has 2 aromatic rings. The van der Waals surface area contributed by atoms with Gasteiger partial charge in [0.05, 0.1) is 6.54 Å². The van der Waals surface area contributed by atoms with Gasteiger partial charge in [0.1, 0.15) is 6.61 Å². The molecule has 1 aliphatic rings. The Labute approximate surface area is 152 Å². The lowest BCUT2D eigenvalue weighted by atomic mass is 10.2. The number of amides is 2. The van der Waals surface area contributed by atoms with Gasteiger partial charge in [-0.3, -0.25) is 9.59 Å². The number of nitrogens with zero attached hydrogens (tertiary/aromatic N) is 2. The van der Waals surface area contributed by atoms with E-state index in [1.807, 2.05) is 30.3 Å². The predicted octanol–water partition coefficient (Wildman–Crippen LogP) is 1.99. The zero-order chi connectivity index (χ0) is 18.4. The second-order valence-electron chi connectivity index (χ2n) is 6.50. The minimum atomic E-state index is -0.246. The highest BCUT2D eigenvalue weighted by Crippen LogP contribution is 2.27. The van der Waals surface area contributed by atoms with Crippen molar-refractivity contribution in [3.05, 3.63) is 53.4 Å². The van der Waals surface area contributed by atoms with Crippen LogP contribution < -0.4 is 5.32 Å². The van der Waals surface area contributed by atoms with Crippen LogP contribution in [0.4, 0.5) is 0 Å². The zero-order valence-electron chi connectivity index (χ0n) is 14.8. The number of aromatic nitrogens is 1. The predicted molar refractivity (Wildman–Crippen MR) is 94.1 cm³/mol. The Balaban J connectivity index is 1.63. The number of carbonyl (C=O) groups excluding carboxylic acids is 2. The third kappa shape index (κ3) is 5.16. The molecule has 1 heterocycles. The molecule has 0 aliphatic heterocycles. The second kappa shape index (κ2) is 8.62. The van der Waals surface area contributed by atoms with Gasteiger partial charge >= 0.3 is 0 Å². The number of ether oxygens (including phenoxy) is 1. The molecule has 0 unspecified atom stereocenters. The van der Waals surface area contributed by atoms with Gasteiger partial charge in [0.2, 0.25) is 5.91 Å². The standard InChI is InChI=1S/C19H23N3O4/c1-25-13-18(23)22(11-15-5-3-2-4-6-15)12-16-9-17(21-26-16)19(24)20-10-14-7-8-14/h2-6,9,14H,7-8,10-13H2,1H3,(H,20,24). The van der Waals surface area contributed by atoms with E-state index in [1.165, 1.54) is 20.0 Å². The number of methoxy groups -OCH3 is 1. The number of nitrogens with one attached hydrogen (secondary N) is 1. The third-order valence-electron chi connectivity index (χ3n) is 4.22. The third-order valence-corrected chi connectivity index (χ3v) is 4.22. The first-order chi connectivity index (χ1) is 12.7. The van der Waals surface area contributed by atoms with Crippen molar-refractivity contribution in [2.24, 2.45) is 5.92 Å². The summed E-state index contributed by atoms with van der Waals surface area (Å²) in [6.07, 6.45) is 2.33. The molecule has 138 valence electrons. The molecule has 0 atom stereocenters. The van der Waals surface area contributed by atoms with Crippen LogP contribution in [-0.4, -0.2) is 42.1 Å². The number of rotatable bonds is 9. The normalized spacial score (nSPS) is 13.4. The van der Waals surface area contributed by atoms with E-state index in [0.29, 0.717) is 24.8 Å². The van der Waals surface area contributed by atoms with Crippen LogP contribution in [0.2, 0.25) is 0 Å². The molecular formula is C19H23N3O4. The monoisotopic (exact) mass is 357 g/mol. The van der Waals surface area contributed by atoms with Crippen molar-refractivity contribution >= 4 is 11.8 Å². The Morgan fingerprint density at radius 3 is 2.73 bits per heavy atom. The van der Waals surface area contributed by atoms with Crippen LogP contribution in [-0.2, 0) is 22.6 Å². The summed E-state index contributed by atoms with van der Waals surface area (Å²) in [5.41, 5.74) is 1.23. The SMILES string of the molecule is COCC(=O)N(Cc1ccccc1)Cc1cc(C(=O)NCC2CC2)no1. The van der Waals surface area contributed by atoms with Crippen molar-refractivity contribution in [2.75, 3.05) is 20.3 Å². The number of hydrogen-bond acceptors (Lipinski definition) is 5. The van der Waals surface area contributed by atoms with E-state index < -0.39 is 0 Å². The molecule has 1 aromatic carbocycles. The van der Waals surface area contributed by atoms with Gasteiger partial charge in [-0.2, -0.15) is 0 Å². The average molecular weight is 357 g/mol. The summed E-state index contributed by atoms with van der Waals surface area (Å²) >= 11 is 0. The van der Waals surface area contributed by atoms with Crippen molar-refractivity contribution in [1.29, 1.82) is 0 Å². The molecule has 0 spiro atoms. The summed E-state index contributed by atoms with van der Waals surface area (Å²) in [7, 11) is 1.48. The van der Waals surface area contributed by atoms with Crippen molar-refractivity contribution in [3.8, 4) is 0 Å². The molecule has 7 heteroatoms. The van der Waals surface area contributed by atoms with E-state index >= 15 is 0 Å². The lowest BCUT2D eigenvalue weighted by Gasteiger charge is -2.21. The van der Waals surface area contributed by atoms with Crippen LogP contribution >= 0.6 is 0 Å². The smallest absolute Gasteiger partial charge is 0.273 e. The Kier molecular flexibility index (Phi) is 6.01. The van der Waals surface area contributed by atoms with Crippen LogP contribution in [0, 0.1) is 5.92 Å². The molecule has 1 saturated carbocycles. The lowest BCUT2D eigenvalue weighted by Crippen LogP contribution is -2.32. The van der Waals surface area contributed by atoms with Crippen molar-refractivity contribution in [2.45, 2.75) is 25.9 Å². The van der Waals surface area contributed by atoms with Crippen LogP contribution in [0.3, 0.4) is 0 Å². The fraction of sp³-hybridized carbons (Fsp3) is 0.421. The van der Waals surface area contributed by atoms with E-state index in [2.05, 4.69) is 10.5 Å². The lowest BCUT2D eigenvalue weighted by molar-refractivity contribution is -0.136. The molecule has 2 amide bonds. The highest BCUT2D eigenvalue weighted by Gasteiger charge is 2.23. The average Bonchev–Trinajstić information content (AvgIpc) is 3.37. The molecule has 0 bridgehead atoms. The molecular weight excluding hydrogens is 334 g/mol. The Morgan fingerprint density at radius 2 is 2.04 bits per heavy atom. The first-order valence-electron chi connectivity index (χ1n) is 8.70. The fourth-order valence-electron chi connectivity index (χ4n) is 2.58. The maximum Gasteiger partial charge on any atom is 0.273 e. The minimum Gasteiger partial charge on any atom is -0.375 e. The van der Waals surface area contributed by atoms with Crippen molar-refractivity contribution in [3.63, 3.8) is 0 Å². The molecule has 1 aliphatic carbocycles. The van der Waals surface area contributed by atoms with Crippen LogP contribution in [0.5, 0.6) is 0 Å². The van der Waals surface area contributed by atoms with Gasteiger partial charge in [0.25, 0.3) is 5.91 Å². The molecule has 1 fully saturated rings. The van der Waals surface area contributed by atoms with Crippen molar-refractivity contribution < 1.29 is 18.8 Å². The van der Waals surface area contributed by atoms with Gasteiger partial charge in [0.15, 0.2) is 11.5 Å². The van der Waals surface area contributed by atoms with Gasteiger partial charge in [-0.1, -0.05) is 35.5 Å². The van der Waals surface area contributed by atoms with Crippen LogP contribution in [0.1, 0.15) is 34.7 Å². The Hall–Kier alpha value is -2.67. The van der Waals surface area contributed by atoms with Crippen LogP contribution in [0.25, 0.3) is 0 Å². The molecule has 0 saturated heterocycles. The van der Waals surface area contributed by atoms with Crippen molar-refractivity contribution in [1.82, 2.24) is 15.4 Å². The summed E-state index contributed by atoms with van der Waals surface area (Å²) in [6.45, 7) is 1.30. The maximum atomic E-state index is 12.3. The summed E-state index contributed by atoms with van der Waals surface area (Å²) in [6, 6.07) is 11.2. The zero-order valence-corrected chi connectivity index (χ0v) is 14.8. The highest BCUT2D eigenvalue weighted by molar-refractivity contribution is 5.92. The van der Waals surface area contributed by atoms with Gasteiger partial charge in [-0.25, -0.2) is 0 Å². The highest BCUT2D eigenvalue weighted by atomic mass is 16.5. The van der Waals surface area contributed by atoms with Crippen LogP contribution in [0.15, 0.2) is 40.9 Å². The molecule has 3 rings (SSSR count). The Morgan fingerprint density at radius 1 is 1.27 bits per heavy atom. The van der Waals surface area contributed by atoms with E-state index in [4.69, 9.17) is 9.26 Å². The summed E-state index contributed by atoms with van der Waals surface area (Å²) < 4.78 is 10.2. The fourth-order valence-corrected chi connectivity index (χ4v) is 2.58. The van der Waals surface area contributed by atoms with E-state index in [9.17, 15) is 9.59 Å². The topological polar surface area (TPSA) is 84.7 Å². The largest absolute Gasteiger partial charge is 0.375 e. The van der Waals surface area contributed by atoms with Gasteiger partial charge in [0, 0.05) is 26.3 Å². The molecule has 1 aromatic heterocycles. The van der Waals surface area contributed by atoms with Gasteiger partial charge in [-0.05, 0) is 24.3 Å².